The van der Waals surface area contributed by atoms with Crippen LogP contribution in [-0.2, 0) is 12.2 Å². The predicted octanol–water partition coefficient (Wildman–Crippen LogP) is 3.58. The predicted molar refractivity (Wildman–Crippen MR) is 85.0 cm³/mol. The van der Waals surface area contributed by atoms with Crippen molar-refractivity contribution in [1.82, 2.24) is 9.97 Å². The Labute approximate surface area is 128 Å². The lowest BCUT2D eigenvalue weighted by Gasteiger charge is -2.11. The number of aromatic nitrogens is 2. The second-order valence-corrected chi connectivity index (χ2v) is 5.67. The molecule has 4 nitrogen and oxygen atoms in total. The van der Waals surface area contributed by atoms with Gasteiger partial charge in [0.15, 0.2) is 0 Å². The first-order valence-electron chi connectivity index (χ1n) is 6.36. The summed E-state index contributed by atoms with van der Waals surface area (Å²) >= 11 is 7.81. The van der Waals surface area contributed by atoms with Crippen LogP contribution >= 0.6 is 23.4 Å². The zero-order valence-electron chi connectivity index (χ0n) is 11.5. The van der Waals surface area contributed by atoms with Crippen LogP contribution in [0.15, 0.2) is 29.3 Å². The molecule has 1 heterocycles. The van der Waals surface area contributed by atoms with Gasteiger partial charge in [0, 0.05) is 22.8 Å². The Kier molecular flexibility index (Phi) is 5.23. The molecule has 0 atom stereocenters. The molecule has 1 aromatic heterocycles. The van der Waals surface area contributed by atoms with Crippen molar-refractivity contribution in [3.63, 3.8) is 0 Å². The van der Waals surface area contributed by atoms with E-state index in [1.54, 1.807) is 11.8 Å². The molecule has 0 spiro atoms. The van der Waals surface area contributed by atoms with Crippen molar-refractivity contribution in [3.05, 3.63) is 46.2 Å². The number of aryl methyl sites for hydroxylation is 1. The number of halogens is 1. The van der Waals surface area contributed by atoms with Crippen LogP contribution in [0.2, 0.25) is 5.02 Å². The van der Waals surface area contributed by atoms with E-state index in [2.05, 4.69) is 15.4 Å². The summed E-state index contributed by atoms with van der Waals surface area (Å²) in [6.07, 6.45) is 0.772. The van der Waals surface area contributed by atoms with Gasteiger partial charge in [0.1, 0.15) is 16.7 Å². The molecule has 0 bridgehead atoms. The summed E-state index contributed by atoms with van der Waals surface area (Å²) < 4.78 is 0. The summed E-state index contributed by atoms with van der Waals surface area (Å²) in [6, 6.07) is 7.83. The standard InChI is InChI=1S/C14H17ClN4S/c1-3-12-17-13(19-16)9(2)14(18-12)20-8-10-6-4-5-7-11(10)15/h4-7H,3,8,16H2,1-2H3,(H,17,18,19). The number of anilines is 1. The number of thioether (sulfide) groups is 1. The number of nitrogens with one attached hydrogen (secondary N) is 1. The second kappa shape index (κ2) is 6.92. The van der Waals surface area contributed by atoms with Crippen LogP contribution in [-0.4, -0.2) is 9.97 Å². The van der Waals surface area contributed by atoms with Gasteiger partial charge in [-0.3, -0.25) is 0 Å². The zero-order valence-corrected chi connectivity index (χ0v) is 13.1. The molecule has 0 saturated carbocycles. The quantitative estimate of drug-likeness (QED) is 0.382. The van der Waals surface area contributed by atoms with Crippen LogP contribution in [0.3, 0.4) is 0 Å². The first-order chi connectivity index (χ1) is 9.65. The average Bonchev–Trinajstić information content (AvgIpc) is 2.47. The minimum atomic E-state index is 0.679. The normalized spacial score (nSPS) is 10.6. The minimum absolute atomic E-state index is 0.679. The molecule has 0 radical (unpaired) electrons. The Hall–Kier alpha value is -1.30. The van der Waals surface area contributed by atoms with Crippen molar-refractivity contribution < 1.29 is 0 Å². The Morgan fingerprint density at radius 1 is 1.30 bits per heavy atom. The number of rotatable bonds is 5. The fourth-order valence-electron chi connectivity index (χ4n) is 1.74. The highest BCUT2D eigenvalue weighted by Gasteiger charge is 2.11. The molecule has 3 N–H and O–H groups in total. The Balaban J connectivity index is 2.23. The van der Waals surface area contributed by atoms with Crippen LogP contribution in [0.4, 0.5) is 5.82 Å². The molecular weight excluding hydrogens is 292 g/mol. The van der Waals surface area contributed by atoms with Gasteiger partial charge in [0.05, 0.1) is 0 Å². The Bertz CT molecular complexity index is 604. The van der Waals surface area contributed by atoms with Gasteiger partial charge in [0.25, 0.3) is 0 Å². The molecule has 20 heavy (non-hydrogen) atoms. The van der Waals surface area contributed by atoms with E-state index in [0.717, 1.165) is 39.2 Å². The van der Waals surface area contributed by atoms with Crippen molar-refractivity contribution in [1.29, 1.82) is 0 Å². The lowest BCUT2D eigenvalue weighted by molar-refractivity contribution is 0.871. The summed E-state index contributed by atoms with van der Waals surface area (Å²) in [7, 11) is 0. The highest BCUT2D eigenvalue weighted by atomic mass is 35.5. The van der Waals surface area contributed by atoms with Gasteiger partial charge in [-0.1, -0.05) is 36.7 Å². The number of nitrogens with zero attached hydrogens (tertiary/aromatic N) is 2. The average molecular weight is 309 g/mol. The van der Waals surface area contributed by atoms with Crippen molar-refractivity contribution in [2.45, 2.75) is 31.0 Å². The third-order valence-electron chi connectivity index (χ3n) is 2.92. The molecule has 0 aliphatic heterocycles. The Morgan fingerprint density at radius 3 is 2.70 bits per heavy atom. The van der Waals surface area contributed by atoms with Gasteiger partial charge in [-0.2, -0.15) is 0 Å². The highest BCUT2D eigenvalue weighted by molar-refractivity contribution is 7.98. The van der Waals surface area contributed by atoms with Gasteiger partial charge >= 0.3 is 0 Å². The number of hydrogen-bond donors (Lipinski definition) is 2. The largest absolute Gasteiger partial charge is 0.308 e. The van der Waals surface area contributed by atoms with E-state index in [1.165, 1.54) is 0 Å². The number of benzene rings is 1. The van der Waals surface area contributed by atoms with Gasteiger partial charge in [-0.15, -0.1) is 11.8 Å². The topological polar surface area (TPSA) is 63.8 Å². The van der Waals surface area contributed by atoms with Gasteiger partial charge in [-0.25, -0.2) is 15.8 Å². The maximum atomic E-state index is 6.17. The third kappa shape index (κ3) is 3.42. The molecule has 0 amide bonds. The summed E-state index contributed by atoms with van der Waals surface area (Å²) in [5, 5.41) is 1.71. The van der Waals surface area contributed by atoms with Crippen LogP contribution in [0.5, 0.6) is 0 Å². The molecule has 1 aromatic carbocycles. The SMILES string of the molecule is CCc1nc(NN)c(C)c(SCc2ccccc2Cl)n1. The fourth-order valence-corrected chi connectivity index (χ4v) is 3.05. The molecule has 2 aromatic rings. The van der Waals surface area contributed by atoms with E-state index in [9.17, 15) is 0 Å². The van der Waals surface area contributed by atoms with Crippen LogP contribution < -0.4 is 11.3 Å². The van der Waals surface area contributed by atoms with E-state index >= 15 is 0 Å². The summed E-state index contributed by atoms with van der Waals surface area (Å²) in [5.74, 6) is 7.73. The summed E-state index contributed by atoms with van der Waals surface area (Å²) in [5.41, 5.74) is 4.68. The molecule has 0 fully saturated rings. The maximum Gasteiger partial charge on any atom is 0.147 e. The van der Waals surface area contributed by atoms with Crippen molar-refractivity contribution in [3.8, 4) is 0 Å². The molecule has 0 aliphatic rings. The van der Waals surface area contributed by atoms with E-state index in [-0.39, 0.29) is 0 Å². The molecule has 0 aliphatic carbocycles. The number of hydrogen-bond acceptors (Lipinski definition) is 5. The number of hydrazine groups is 1. The minimum Gasteiger partial charge on any atom is -0.308 e. The van der Waals surface area contributed by atoms with E-state index < -0.39 is 0 Å². The van der Waals surface area contributed by atoms with Gasteiger partial charge in [0.2, 0.25) is 0 Å². The lowest BCUT2D eigenvalue weighted by atomic mass is 10.2. The molecule has 0 unspecified atom stereocenters. The number of nitrogens with two attached hydrogens (primary N) is 1. The molecule has 2 rings (SSSR count). The third-order valence-corrected chi connectivity index (χ3v) is 4.42. The van der Waals surface area contributed by atoms with Crippen molar-refractivity contribution in [2.75, 3.05) is 5.43 Å². The van der Waals surface area contributed by atoms with Gasteiger partial charge < -0.3 is 5.43 Å². The second-order valence-electron chi connectivity index (χ2n) is 4.30. The lowest BCUT2D eigenvalue weighted by Crippen LogP contribution is -2.13. The molecule has 6 heteroatoms. The maximum absolute atomic E-state index is 6.17. The summed E-state index contributed by atoms with van der Waals surface area (Å²) in [4.78, 5) is 8.91. The first kappa shape index (κ1) is 15.1. The van der Waals surface area contributed by atoms with Crippen LogP contribution in [0.1, 0.15) is 23.9 Å². The smallest absolute Gasteiger partial charge is 0.147 e. The Morgan fingerprint density at radius 2 is 2.05 bits per heavy atom. The zero-order chi connectivity index (χ0) is 14.5. The van der Waals surface area contributed by atoms with E-state index in [4.69, 9.17) is 17.4 Å². The number of nitrogen functional groups attached to an aromatic ring is 1. The van der Waals surface area contributed by atoms with E-state index in [0.29, 0.717) is 5.82 Å². The van der Waals surface area contributed by atoms with Crippen LogP contribution in [0, 0.1) is 6.92 Å². The first-order valence-corrected chi connectivity index (χ1v) is 7.72. The van der Waals surface area contributed by atoms with E-state index in [1.807, 2.05) is 38.1 Å². The monoisotopic (exact) mass is 308 g/mol. The molecule has 106 valence electrons. The van der Waals surface area contributed by atoms with Crippen molar-refractivity contribution >= 4 is 29.2 Å². The van der Waals surface area contributed by atoms with Crippen molar-refractivity contribution in [2.24, 2.45) is 5.84 Å². The van der Waals surface area contributed by atoms with Crippen LogP contribution in [0.25, 0.3) is 0 Å². The highest BCUT2D eigenvalue weighted by Crippen LogP contribution is 2.29. The fraction of sp³-hybridized carbons (Fsp3) is 0.286. The molecular formula is C14H17ClN4S. The summed E-state index contributed by atoms with van der Waals surface area (Å²) in [6.45, 7) is 3.98. The van der Waals surface area contributed by atoms with Gasteiger partial charge in [-0.05, 0) is 18.6 Å². The molecule has 0 saturated heterocycles.